The Morgan fingerprint density at radius 1 is 1.05 bits per heavy atom. The fourth-order valence-corrected chi connectivity index (χ4v) is 2.68. The van der Waals surface area contributed by atoms with Crippen molar-refractivity contribution < 1.29 is 4.74 Å². The highest BCUT2D eigenvalue weighted by atomic mass is 16.5. The number of unbranched alkanes of at least 4 members (excludes halogenated alkanes) is 6. The number of nitrogens with one attached hydrogen (secondary N) is 1. The quantitative estimate of drug-likeness (QED) is 0.557. The predicted octanol–water partition coefficient (Wildman–Crippen LogP) is 4.88. The van der Waals surface area contributed by atoms with Crippen LogP contribution in [0.1, 0.15) is 76.8 Å². The minimum absolute atomic E-state index is 0.397. The zero-order valence-electron chi connectivity index (χ0n) is 14.0. The number of aromatic nitrogens is 1. The van der Waals surface area contributed by atoms with Crippen LogP contribution in [-0.4, -0.2) is 18.6 Å². The smallest absolute Gasteiger partial charge is 0.137 e. The van der Waals surface area contributed by atoms with E-state index in [1.54, 1.807) is 13.3 Å². The summed E-state index contributed by atoms with van der Waals surface area (Å²) in [6.45, 7) is 5.41. The van der Waals surface area contributed by atoms with E-state index < -0.39 is 0 Å². The topological polar surface area (TPSA) is 34.2 Å². The molecule has 1 aromatic heterocycles. The third kappa shape index (κ3) is 7.47. The summed E-state index contributed by atoms with van der Waals surface area (Å²) in [5.41, 5.74) is 1.24. The summed E-state index contributed by atoms with van der Waals surface area (Å²) in [7, 11) is 1.69. The van der Waals surface area contributed by atoms with Crippen LogP contribution in [0.15, 0.2) is 18.5 Å². The maximum absolute atomic E-state index is 5.27. The SMILES string of the molecule is CCCCCCCCCC(NCC)c1cncc(OC)c1. The van der Waals surface area contributed by atoms with E-state index in [0.717, 1.165) is 12.3 Å². The van der Waals surface area contributed by atoms with E-state index in [2.05, 4.69) is 30.2 Å². The molecule has 1 heterocycles. The largest absolute Gasteiger partial charge is 0.495 e. The van der Waals surface area contributed by atoms with Gasteiger partial charge in [0.05, 0.1) is 13.3 Å². The van der Waals surface area contributed by atoms with Crippen molar-refractivity contribution in [2.75, 3.05) is 13.7 Å². The highest BCUT2D eigenvalue weighted by molar-refractivity contribution is 5.25. The lowest BCUT2D eigenvalue weighted by atomic mass is 10.0. The Labute approximate surface area is 130 Å². The summed E-state index contributed by atoms with van der Waals surface area (Å²) in [4.78, 5) is 4.27. The van der Waals surface area contributed by atoms with Crippen LogP contribution in [0.2, 0.25) is 0 Å². The molecule has 0 aliphatic rings. The predicted molar refractivity (Wildman–Crippen MR) is 89.8 cm³/mol. The second-order valence-corrected chi connectivity index (χ2v) is 5.68. The van der Waals surface area contributed by atoms with Crippen LogP contribution in [0.3, 0.4) is 0 Å². The normalized spacial score (nSPS) is 12.3. The molecule has 21 heavy (non-hydrogen) atoms. The second kappa shape index (κ2) is 11.6. The van der Waals surface area contributed by atoms with E-state index in [1.807, 2.05) is 6.20 Å². The molecule has 0 aliphatic heterocycles. The Hall–Kier alpha value is -1.09. The number of nitrogens with zero attached hydrogens (tertiary/aromatic N) is 1. The van der Waals surface area contributed by atoms with Gasteiger partial charge in [-0.3, -0.25) is 4.98 Å². The summed E-state index contributed by atoms with van der Waals surface area (Å²) in [6, 6.07) is 2.50. The number of pyridine rings is 1. The molecule has 0 saturated heterocycles. The van der Waals surface area contributed by atoms with Gasteiger partial charge in [-0.15, -0.1) is 0 Å². The monoisotopic (exact) mass is 292 g/mol. The minimum Gasteiger partial charge on any atom is -0.495 e. The van der Waals surface area contributed by atoms with Gasteiger partial charge in [0.15, 0.2) is 0 Å². The molecule has 0 aromatic carbocycles. The van der Waals surface area contributed by atoms with Crippen molar-refractivity contribution in [1.82, 2.24) is 10.3 Å². The van der Waals surface area contributed by atoms with Gasteiger partial charge in [-0.25, -0.2) is 0 Å². The van der Waals surface area contributed by atoms with Gasteiger partial charge in [-0.05, 0) is 24.6 Å². The van der Waals surface area contributed by atoms with E-state index in [9.17, 15) is 0 Å². The zero-order valence-corrected chi connectivity index (χ0v) is 14.0. The van der Waals surface area contributed by atoms with Crippen molar-refractivity contribution in [3.63, 3.8) is 0 Å². The van der Waals surface area contributed by atoms with Gasteiger partial charge in [0.2, 0.25) is 0 Å². The fraction of sp³-hybridized carbons (Fsp3) is 0.722. The zero-order chi connectivity index (χ0) is 15.3. The van der Waals surface area contributed by atoms with Crippen LogP contribution < -0.4 is 10.1 Å². The number of hydrogen-bond acceptors (Lipinski definition) is 3. The van der Waals surface area contributed by atoms with Gasteiger partial charge in [0.25, 0.3) is 0 Å². The Morgan fingerprint density at radius 3 is 2.43 bits per heavy atom. The highest BCUT2D eigenvalue weighted by Gasteiger charge is 2.11. The van der Waals surface area contributed by atoms with Gasteiger partial charge >= 0.3 is 0 Å². The van der Waals surface area contributed by atoms with Crippen LogP contribution in [0.4, 0.5) is 0 Å². The highest BCUT2D eigenvalue weighted by Crippen LogP contribution is 2.23. The molecule has 0 spiro atoms. The van der Waals surface area contributed by atoms with Crippen LogP contribution in [0.5, 0.6) is 5.75 Å². The van der Waals surface area contributed by atoms with Crippen molar-refractivity contribution in [2.24, 2.45) is 0 Å². The van der Waals surface area contributed by atoms with Gasteiger partial charge in [-0.1, -0.05) is 58.8 Å². The summed E-state index contributed by atoms with van der Waals surface area (Å²) in [5, 5.41) is 3.57. The summed E-state index contributed by atoms with van der Waals surface area (Å²) < 4.78 is 5.27. The van der Waals surface area contributed by atoms with Crippen LogP contribution in [0, 0.1) is 0 Å². The van der Waals surface area contributed by atoms with E-state index >= 15 is 0 Å². The van der Waals surface area contributed by atoms with E-state index in [1.165, 1.54) is 56.9 Å². The van der Waals surface area contributed by atoms with Crippen LogP contribution >= 0.6 is 0 Å². The molecule has 3 heteroatoms. The van der Waals surface area contributed by atoms with Gasteiger partial charge in [0, 0.05) is 12.2 Å². The summed E-state index contributed by atoms with van der Waals surface area (Å²) in [5.74, 6) is 0.843. The Kier molecular flexibility index (Phi) is 9.88. The lowest BCUT2D eigenvalue weighted by molar-refractivity contribution is 0.409. The molecule has 0 aliphatic carbocycles. The molecule has 1 aromatic rings. The third-order valence-corrected chi connectivity index (χ3v) is 3.92. The van der Waals surface area contributed by atoms with E-state index in [-0.39, 0.29) is 0 Å². The molecule has 0 saturated carbocycles. The Balaban J connectivity index is 2.35. The minimum atomic E-state index is 0.397. The average molecular weight is 292 g/mol. The van der Waals surface area contributed by atoms with Gasteiger partial charge < -0.3 is 10.1 Å². The third-order valence-electron chi connectivity index (χ3n) is 3.92. The number of methoxy groups -OCH3 is 1. The standard InChI is InChI=1S/C18H32N2O/c1-4-6-7-8-9-10-11-12-18(20-5-2)16-13-17(21-3)15-19-14-16/h13-15,18,20H,4-12H2,1-3H3. The molecule has 1 atom stereocenters. The van der Waals surface area contributed by atoms with Crippen LogP contribution in [0.25, 0.3) is 0 Å². The molecular weight excluding hydrogens is 260 g/mol. The maximum Gasteiger partial charge on any atom is 0.137 e. The molecule has 1 unspecified atom stereocenters. The van der Waals surface area contributed by atoms with Crippen molar-refractivity contribution in [1.29, 1.82) is 0 Å². The molecule has 3 nitrogen and oxygen atoms in total. The second-order valence-electron chi connectivity index (χ2n) is 5.68. The first-order chi connectivity index (χ1) is 10.3. The van der Waals surface area contributed by atoms with E-state index in [0.29, 0.717) is 6.04 Å². The van der Waals surface area contributed by atoms with Crippen molar-refractivity contribution >= 4 is 0 Å². The molecule has 0 fully saturated rings. The molecule has 0 amide bonds. The van der Waals surface area contributed by atoms with Crippen LogP contribution in [-0.2, 0) is 0 Å². The fourth-order valence-electron chi connectivity index (χ4n) is 2.68. The maximum atomic E-state index is 5.27. The first-order valence-electron chi connectivity index (χ1n) is 8.54. The molecule has 0 bridgehead atoms. The Morgan fingerprint density at radius 2 is 1.76 bits per heavy atom. The summed E-state index contributed by atoms with van der Waals surface area (Å²) >= 11 is 0. The van der Waals surface area contributed by atoms with Crippen molar-refractivity contribution in [3.05, 3.63) is 24.0 Å². The van der Waals surface area contributed by atoms with E-state index in [4.69, 9.17) is 4.74 Å². The lowest BCUT2D eigenvalue weighted by Gasteiger charge is -2.18. The first-order valence-corrected chi connectivity index (χ1v) is 8.54. The number of rotatable bonds is 12. The molecular formula is C18H32N2O. The van der Waals surface area contributed by atoms with Crippen molar-refractivity contribution in [2.45, 2.75) is 71.3 Å². The van der Waals surface area contributed by atoms with Crippen molar-refractivity contribution in [3.8, 4) is 5.75 Å². The summed E-state index contributed by atoms with van der Waals surface area (Å²) in [6.07, 6.45) is 14.4. The average Bonchev–Trinajstić information content (AvgIpc) is 2.53. The van der Waals surface area contributed by atoms with Gasteiger partial charge in [-0.2, -0.15) is 0 Å². The molecule has 1 N–H and O–H groups in total. The Bertz CT molecular complexity index is 368. The molecule has 1 rings (SSSR count). The lowest BCUT2D eigenvalue weighted by Crippen LogP contribution is -2.21. The molecule has 120 valence electrons. The molecule has 0 radical (unpaired) electrons. The first kappa shape index (κ1) is 18.0. The van der Waals surface area contributed by atoms with Gasteiger partial charge in [0.1, 0.15) is 5.75 Å². The number of hydrogen-bond donors (Lipinski definition) is 1. The number of ether oxygens (including phenoxy) is 1.